The fourth-order valence-corrected chi connectivity index (χ4v) is 6.92. The Labute approximate surface area is 135 Å². The lowest BCUT2D eigenvalue weighted by molar-refractivity contribution is 0.341. The molecular weight excluding hydrogens is 324 g/mol. The predicted octanol–water partition coefficient (Wildman–Crippen LogP) is 2.51. The van der Waals surface area contributed by atoms with E-state index < -0.39 is 10.0 Å². The van der Waals surface area contributed by atoms with E-state index in [2.05, 4.69) is 12.2 Å². The molecule has 0 radical (unpaired) electrons. The molecule has 7 heteroatoms. The molecule has 4 nitrogen and oxygen atoms in total. The fourth-order valence-electron chi connectivity index (χ4n) is 2.48. The highest BCUT2D eigenvalue weighted by Gasteiger charge is 2.35. The largest absolute Gasteiger partial charge is 0.309 e. The van der Waals surface area contributed by atoms with Gasteiger partial charge in [0.25, 0.3) is 10.0 Å². The van der Waals surface area contributed by atoms with Gasteiger partial charge in [0.05, 0.1) is 0 Å². The summed E-state index contributed by atoms with van der Waals surface area (Å²) in [5.74, 6) is 0.881. The first-order chi connectivity index (χ1) is 9.98. The number of hydrogen-bond acceptors (Lipinski definition) is 5. The first-order valence-corrected chi connectivity index (χ1v) is 10.7. The summed E-state index contributed by atoms with van der Waals surface area (Å²) in [6.07, 6.45) is 2.49. The minimum absolute atomic E-state index is 0.0592. The van der Waals surface area contributed by atoms with Crippen LogP contribution in [-0.4, -0.2) is 42.4 Å². The van der Waals surface area contributed by atoms with Gasteiger partial charge < -0.3 is 5.32 Å². The Morgan fingerprint density at radius 2 is 2.10 bits per heavy atom. The van der Waals surface area contributed by atoms with Gasteiger partial charge in [0.15, 0.2) is 0 Å². The summed E-state index contributed by atoms with van der Waals surface area (Å²) in [4.78, 5) is 1.10. The number of thiophene rings is 1. The molecule has 2 heterocycles. The van der Waals surface area contributed by atoms with Crippen molar-refractivity contribution in [1.82, 2.24) is 9.62 Å². The van der Waals surface area contributed by atoms with Crippen molar-refractivity contribution in [1.29, 1.82) is 0 Å². The van der Waals surface area contributed by atoms with Crippen molar-refractivity contribution in [3.05, 3.63) is 17.0 Å². The van der Waals surface area contributed by atoms with Crippen molar-refractivity contribution in [3.63, 3.8) is 0 Å². The highest BCUT2D eigenvalue weighted by atomic mass is 32.2. The average Bonchev–Trinajstić information content (AvgIpc) is 3.15. The number of rotatable bonds is 5. The topological polar surface area (TPSA) is 49.4 Å². The van der Waals surface area contributed by atoms with Gasteiger partial charge in [0.1, 0.15) is 4.21 Å². The third-order valence-corrected chi connectivity index (χ3v) is 9.05. The standard InChI is InChI=1S/C14H22N2O2S3/c1-10-11(2)19-8-7-16(10)21(17,18)14-6-5-13(20-14)9-15-12-3-4-12/h5-6,10-12,15H,3-4,7-9H2,1-2H3. The van der Waals surface area contributed by atoms with Gasteiger partial charge in [-0.15, -0.1) is 11.3 Å². The monoisotopic (exact) mass is 346 g/mol. The Kier molecular flexibility index (Phi) is 4.66. The van der Waals surface area contributed by atoms with Gasteiger partial charge in [-0.1, -0.05) is 6.92 Å². The van der Waals surface area contributed by atoms with E-state index in [1.807, 2.05) is 24.8 Å². The SMILES string of the molecule is CC1SCCN(S(=O)(=O)c2ccc(CNC3CC3)s2)C1C. The van der Waals surface area contributed by atoms with Crippen molar-refractivity contribution in [3.8, 4) is 0 Å². The number of nitrogens with one attached hydrogen (secondary N) is 1. The molecule has 1 aliphatic carbocycles. The third kappa shape index (κ3) is 3.47. The highest BCUT2D eigenvalue weighted by Crippen LogP contribution is 2.32. The molecule has 1 saturated carbocycles. The van der Waals surface area contributed by atoms with Crippen molar-refractivity contribution in [2.45, 2.75) is 54.8 Å². The molecule has 2 unspecified atom stereocenters. The Hall–Kier alpha value is -0.0800. The number of hydrogen-bond donors (Lipinski definition) is 1. The molecule has 1 N–H and O–H groups in total. The molecule has 3 rings (SSSR count). The molecule has 21 heavy (non-hydrogen) atoms. The molecule has 2 fully saturated rings. The van der Waals surface area contributed by atoms with Gasteiger partial charge in [-0.3, -0.25) is 0 Å². The van der Waals surface area contributed by atoms with Crippen LogP contribution in [0.15, 0.2) is 16.3 Å². The molecule has 2 aliphatic rings. The van der Waals surface area contributed by atoms with Crippen molar-refractivity contribution in [2.24, 2.45) is 0 Å². The Morgan fingerprint density at radius 1 is 1.33 bits per heavy atom. The van der Waals surface area contributed by atoms with E-state index in [4.69, 9.17) is 0 Å². The zero-order chi connectivity index (χ0) is 15.0. The van der Waals surface area contributed by atoms with Crippen LogP contribution in [0.5, 0.6) is 0 Å². The summed E-state index contributed by atoms with van der Waals surface area (Å²) in [5.41, 5.74) is 0. The first kappa shape index (κ1) is 15.8. The zero-order valence-corrected chi connectivity index (χ0v) is 14.9. The number of nitrogens with zero attached hydrogens (tertiary/aromatic N) is 1. The second-order valence-electron chi connectivity index (χ2n) is 5.81. The molecule has 2 atom stereocenters. The van der Waals surface area contributed by atoms with Crippen LogP contribution in [0.1, 0.15) is 31.6 Å². The summed E-state index contributed by atoms with van der Waals surface area (Å²) in [5, 5.41) is 3.78. The van der Waals surface area contributed by atoms with Crippen LogP contribution in [0.25, 0.3) is 0 Å². The van der Waals surface area contributed by atoms with Gasteiger partial charge >= 0.3 is 0 Å². The van der Waals surface area contributed by atoms with E-state index in [9.17, 15) is 8.42 Å². The zero-order valence-electron chi connectivity index (χ0n) is 12.4. The normalized spacial score (nSPS) is 27.9. The Morgan fingerprint density at radius 3 is 2.81 bits per heavy atom. The second kappa shape index (κ2) is 6.20. The summed E-state index contributed by atoms with van der Waals surface area (Å²) in [7, 11) is -3.34. The molecule has 0 aromatic carbocycles. The molecule has 1 saturated heterocycles. The van der Waals surface area contributed by atoms with Crippen LogP contribution in [0.4, 0.5) is 0 Å². The summed E-state index contributed by atoms with van der Waals surface area (Å²) < 4.78 is 27.8. The lowest BCUT2D eigenvalue weighted by Crippen LogP contribution is -2.47. The molecule has 1 aromatic rings. The third-order valence-electron chi connectivity index (χ3n) is 4.17. The molecule has 1 aliphatic heterocycles. The van der Waals surface area contributed by atoms with Crippen LogP contribution in [0, 0.1) is 0 Å². The molecule has 1 aromatic heterocycles. The predicted molar refractivity (Wildman–Crippen MR) is 89.5 cm³/mol. The van der Waals surface area contributed by atoms with E-state index in [0.29, 0.717) is 22.0 Å². The van der Waals surface area contributed by atoms with E-state index >= 15 is 0 Å². The summed E-state index contributed by atoms with van der Waals surface area (Å²) in [6, 6.07) is 4.42. The van der Waals surface area contributed by atoms with Crippen molar-refractivity contribution in [2.75, 3.05) is 12.3 Å². The van der Waals surface area contributed by atoms with Gasteiger partial charge in [-0.2, -0.15) is 16.1 Å². The van der Waals surface area contributed by atoms with Crippen LogP contribution >= 0.6 is 23.1 Å². The smallest absolute Gasteiger partial charge is 0.252 e. The van der Waals surface area contributed by atoms with Crippen LogP contribution in [0.2, 0.25) is 0 Å². The quantitative estimate of drug-likeness (QED) is 0.890. The maximum absolute atomic E-state index is 12.8. The van der Waals surface area contributed by atoms with Crippen LogP contribution in [-0.2, 0) is 16.6 Å². The van der Waals surface area contributed by atoms with Crippen molar-refractivity contribution < 1.29 is 8.42 Å². The van der Waals surface area contributed by atoms with E-state index in [-0.39, 0.29) is 6.04 Å². The first-order valence-electron chi connectivity index (χ1n) is 7.44. The maximum Gasteiger partial charge on any atom is 0.252 e. The Balaban J connectivity index is 1.74. The highest BCUT2D eigenvalue weighted by molar-refractivity contribution is 8.00. The lowest BCUT2D eigenvalue weighted by Gasteiger charge is -2.35. The van der Waals surface area contributed by atoms with Gasteiger partial charge in [-0.25, -0.2) is 8.42 Å². The van der Waals surface area contributed by atoms with E-state index in [1.165, 1.54) is 24.2 Å². The van der Waals surface area contributed by atoms with Crippen LogP contribution in [0.3, 0.4) is 0 Å². The summed E-state index contributed by atoms with van der Waals surface area (Å²) in [6.45, 7) is 5.52. The average molecular weight is 347 g/mol. The molecular formula is C14H22N2O2S3. The van der Waals surface area contributed by atoms with Crippen molar-refractivity contribution >= 4 is 33.1 Å². The van der Waals surface area contributed by atoms with E-state index in [0.717, 1.165) is 17.2 Å². The number of sulfonamides is 1. The van der Waals surface area contributed by atoms with Gasteiger partial charge in [0, 0.05) is 41.1 Å². The van der Waals surface area contributed by atoms with Gasteiger partial charge in [-0.05, 0) is 31.9 Å². The molecule has 118 valence electrons. The Bertz CT molecular complexity index is 595. The van der Waals surface area contributed by atoms with Crippen LogP contribution < -0.4 is 5.32 Å². The van der Waals surface area contributed by atoms with E-state index in [1.54, 1.807) is 10.4 Å². The second-order valence-corrected chi connectivity index (χ2v) is 10.6. The molecule has 0 bridgehead atoms. The fraction of sp³-hybridized carbons (Fsp3) is 0.714. The summed E-state index contributed by atoms with van der Waals surface area (Å²) >= 11 is 3.26. The maximum atomic E-state index is 12.8. The molecule has 0 amide bonds. The minimum Gasteiger partial charge on any atom is -0.309 e. The lowest BCUT2D eigenvalue weighted by atomic mass is 10.2. The molecule has 0 spiro atoms. The number of thioether (sulfide) groups is 1. The minimum atomic E-state index is -3.34. The van der Waals surface area contributed by atoms with Gasteiger partial charge in [0.2, 0.25) is 0 Å².